The van der Waals surface area contributed by atoms with Crippen LogP contribution in [0.5, 0.6) is 5.75 Å². The Hall–Kier alpha value is -1.06. The summed E-state index contributed by atoms with van der Waals surface area (Å²) in [6.45, 7) is 8.90. The lowest BCUT2D eigenvalue weighted by molar-refractivity contribution is 0.228. The molecule has 1 aromatic carbocycles. The molecule has 3 nitrogen and oxygen atoms in total. The van der Waals surface area contributed by atoms with E-state index < -0.39 is 0 Å². The highest BCUT2D eigenvalue weighted by molar-refractivity contribution is 5.33. The fourth-order valence-corrected chi connectivity index (χ4v) is 3.53. The number of ether oxygens (including phenoxy) is 1. The highest BCUT2D eigenvalue weighted by Gasteiger charge is 2.29. The number of para-hydroxylation sites is 1. The van der Waals surface area contributed by atoms with Crippen molar-refractivity contribution in [3.05, 3.63) is 29.8 Å². The van der Waals surface area contributed by atoms with Gasteiger partial charge in [0.15, 0.2) is 0 Å². The largest absolute Gasteiger partial charge is 0.494 e. The number of likely N-dealkylation sites (tertiary alicyclic amines) is 2. The molecule has 1 atom stereocenters. The summed E-state index contributed by atoms with van der Waals surface area (Å²) in [6, 6.07) is 9.26. The number of hydrogen-bond donors (Lipinski definition) is 0. The van der Waals surface area contributed by atoms with Gasteiger partial charge in [-0.05, 0) is 45.3 Å². The van der Waals surface area contributed by atoms with Gasteiger partial charge in [-0.2, -0.15) is 0 Å². The zero-order chi connectivity index (χ0) is 13.8. The zero-order valence-electron chi connectivity index (χ0n) is 12.6. The third kappa shape index (κ3) is 3.15. The van der Waals surface area contributed by atoms with Crippen LogP contribution < -0.4 is 4.74 Å². The van der Waals surface area contributed by atoms with Gasteiger partial charge in [-0.3, -0.25) is 9.80 Å². The summed E-state index contributed by atoms with van der Waals surface area (Å²) in [5, 5.41) is 0. The molecule has 3 heteroatoms. The molecule has 0 bridgehead atoms. The molecule has 2 aliphatic heterocycles. The minimum absolute atomic E-state index is 0.743. The Morgan fingerprint density at radius 1 is 1.15 bits per heavy atom. The molecule has 2 fully saturated rings. The number of nitrogens with zero attached hydrogens (tertiary/aromatic N) is 2. The summed E-state index contributed by atoms with van der Waals surface area (Å²) in [5.41, 5.74) is 1.33. The van der Waals surface area contributed by atoms with E-state index in [0.717, 1.165) is 24.9 Å². The summed E-state index contributed by atoms with van der Waals surface area (Å²) in [5.74, 6) is 1.06. The van der Waals surface area contributed by atoms with Crippen LogP contribution in [0.4, 0.5) is 0 Å². The lowest BCUT2D eigenvalue weighted by Gasteiger charge is -2.24. The molecule has 2 heterocycles. The predicted octanol–water partition coefficient (Wildman–Crippen LogP) is 2.76. The fraction of sp³-hybridized carbons (Fsp3) is 0.647. The Balaban J connectivity index is 1.58. The van der Waals surface area contributed by atoms with Gasteiger partial charge in [0.2, 0.25) is 0 Å². The molecule has 0 aromatic heterocycles. The average Bonchev–Trinajstić information content (AvgIpc) is 3.12. The molecule has 110 valence electrons. The van der Waals surface area contributed by atoms with Gasteiger partial charge in [0, 0.05) is 31.2 Å². The Bertz CT molecular complexity index is 429. The van der Waals surface area contributed by atoms with E-state index in [-0.39, 0.29) is 0 Å². The second kappa shape index (κ2) is 6.59. The van der Waals surface area contributed by atoms with Crippen LogP contribution in [0.15, 0.2) is 24.3 Å². The second-order valence-electron chi connectivity index (χ2n) is 5.96. The van der Waals surface area contributed by atoms with Gasteiger partial charge < -0.3 is 4.74 Å². The smallest absolute Gasteiger partial charge is 0.123 e. The minimum Gasteiger partial charge on any atom is -0.494 e. The summed E-state index contributed by atoms with van der Waals surface area (Å²) < 4.78 is 5.74. The number of benzene rings is 1. The lowest BCUT2D eigenvalue weighted by Crippen LogP contribution is -2.35. The lowest BCUT2D eigenvalue weighted by atomic mass is 10.2. The number of rotatable bonds is 5. The zero-order valence-corrected chi connectivity index (χ0v) is 12.6. The summed E-state index contributed by atoms with van der Waals surface area (Å²) in [4.78, 5) is 5.27. The Morgan fingerprint density at radius 3 is 2.75 bits per heavy atom. The van der Waals surface area contributed by atoms with E-state index in [9.17, 15) is 0 Å². The van der Waals surface area contributed by atoms with Crippen LogP contribution >= 0.6 is 0 Å². The van der Waals surface area contributed by atoms with Crippen molar-refractivity contribution in [2.45, 2.75) is 38.8 Å². The van der Waals surface area contributed by atoms with Crippen LogP contribution in [0.25, 0.3) is 0 Å². The fourth-order valence-electron chi connectivity index (χ4n) is 3.53. The summed E-state index contributed by atoms with van der Waals surface area (Å²) in [7, 11) is 0. The van der Waals surface area contributed by atoms with Crippen molar-refractivity contribution in [2.75, 3.05) is 32.8 Å². The third-order valence-corrected chi connectivity index (χ3v) is 4.57. The maximum Gasteiger partial charge on any atom is 0.123 e. The highest BCUT2D eigenvalue weighted by atomic mass is 16.5. The van der Waals surface area contributed by atoms with Crippen molar-refractivity contribution < 1.29 is 4.74 Å². The van der Waals surface area contributed by atoms with Crippen molar-refractivity contribution in [3.63, 3.8) is 0 Å². The Labute approximate surface area is 122 Å². The topological polar surface area (TPSA) is 15.7 Å². The standard InChI is InChI=1S/C17H26N2O/c1-2-20-17-8-4-3-7-15(17)13-18-12-9-16(14-18)19-10-5-6-11-19/h3-4,7-8,16H,2,5-6,9-14H2,1H3/t16-/m0/s1. The molecule has 0 amide bonds. The monoisotopic (exact) mass is 274 g/mol. The van der Waals surface area contributed by atoms with Crippen LogP contribution in [-0.4, -0.2) is 48.6 Å². The van der Waals surface area contributed by atoms with Crippen LogP contribution in [0.2, 0.25) is 0 Å². The maximum atomic E-state index is 5.74. The molecule has 0 spiro atoms. The van der Waals surface area contributed by atoms with Crippen molar-refractivity contribution in [1.29, 1.82) is 0 Å². The molecule has 0 saturated carbocycles. The first-order valence-corrected chi connectivity index (χ1v) is 8.04. The maximum absolute atomic E-state index is 5.74. The molecular weight excluding hydrogens is 248 g/mol. The van der Waals surface area contributed by atoms with E-state index >= 15 is 0 Å². The van der Waals surface area contributed by atoms with Crippen molar-refractivity contribution in [2.24, 2.45) is 0 Å². The first-order valence-electron chi connectivity index (χ1n) is 8.04. The Kier molecular flexibility index (Phi) is 4.58. The van der Waals surface area contributed by atoms with Crippen molar-refractivity contribution in [3.8, 4) is 5.75 Å². The van der Waals surface area contributed by atoms with Gasteiger partial charge in [0.25, 0.3) is 0 Å². The van der Waals surface area contributed by atoms with E-state index in [1.165, 1.54) is 51.0 Å². The van der Waals surface area contributed by atoms with Gasteiger partial charge in [-0.15, -0.1) is 0 Å². The summed E-state index contributed by atoms with van der Waals surface area (Å²) in [6.07, 6.45) is 4.12. The van der Waals surface area contributed by atoms with Crippen LogP contribution in [0, 0.1) is 0 Å². The van der Waals surface area contributed by atoms with Crippen LogP contribution in [0.1, 0.15) is 31.7 Å². The molecular formula is C17H26N2O. The predicted molar refractivity (Wildman–Crippen MR) is 82.1 cm³/mol. The van der Waals surface area contributed by atoms with E-state index in [4.69, 9.17) is 4.74 Å². The van der Waals surface area contributed by atoms with Gasteiger partial charge in [0.1, 0.15) is 5.75 Å². The minimum atomic E-state index is 0.743. The quantitative estimate of drug-likeness (QED) is 0.821. The van der Waals surface area contributed by atoms with Gasteiger partial charge in [-0.1, -0.05) is 18.2 Å². The first kappa shape index (κ1) is 13.9. The van der Waals surface area contributed by atoms with Crippen molar-refractivity contribution in [1.82, 2.24) is 9.80 Å². The first-order chi connectivity index (χ1) is 9.86. The second-order valence-corrected chi connectivity index (χ2v) is 5.96. The highest BCUT2D eigenvalue weighted by Crippen LogP contribution is 2.25. The van der Waals surface area contributed by atoms with E-state index in [0.29, 0.717) is 0 Å². The molecule has 1 aromatic rings. The van der Waals surface area contributed by atoms with E-state index in [2.05, 4.69) is 41.0 Å². The van der Waals surface area contributed by atoms with Gasteiger partial charge in [0.05, 0.1) is 6.61 Å². The van der Waals surface area contributed by atoms with E-state index in [1.54, 1.807) is 0 Å². The third-order valence-electron chi connectivity index (χ3n) is 4.57. The van der Waals surface area contributed by atoms with Crippen LogP contribution in [-0.2, 0) is 6.54 Å². The normalized spacial score (nSPS) is 24.4. The SMILES string of the molecule is CCOc1ccccc1CN1CC[C@H](N2CCCC2)C1. The van der Waals surface area contributed by atoms with Crippen molar-refractivity contribution >= 4 is 0 Å². The number of hydrogen-bond acceptors (Lipinski definition) is 3. The van der Waals surface area contributed by atoms with E-state index in [1.807, 2.05) is 0 Å². The Morgan fingerprint density at radius 2 is 1.95 bits per heavy atom. The van der Waals surface area contributed by atoms with Gasteiger partial charge >= 0.3 is 0 Å². The molecule has 2 aliphatic rings. The van der Waals surface area contributed by atoms with Crippen LogP contribution in [0.3, 0.4) is 0 Å². The molecule has 0 N–H and O–H groups in total. The summed E-state index contributed by atoms with van der Waals surface area (Å²) >= 11 is 0. The molecule has 0 radical (unpaired) electrons. The van der Waals surface area contributed by atoms with Gasteiger partial charge in [-0.25, -0.2) is 0 Å². The molecule has 3 rings (SSSR count). The molecule has 2 saturated heterocycles. The molecule has 0 aliphatic carbocycles. The molecule has 0 unspecified atom stereocenters. The average molecular weight is 274 g/mol. The molecule has 20 heavy (non-hydrogen) atoms.